The maximum Gasteiger partial charge on any atom is 0.245 e. The van der Waals surface area contributed by atoms with Gasteiger partial charge in [0.25, 0.3) is 0 Å². The van der Waals surface area contributed by atoms with Crippen molar-refractivity contribution in [2.24, 2.45) is 5.92 Å². The van der Waals surface area contributed by atoms with Gasteiger partial charge in [-0.25, -0.2) is 4.39 Å². The molecule has 1 saturated carbocycles. The molecule has 2 N–H and O–H groups in total. The standard InChI is InChI=1S/C29H39FN4O3/c1-5-25(22-16-23(18-32-17-22)27(35)21-12-14-24(30)15-13-21)34(6-2)29(37)26(20-10-8-7-9-11-20)33-28(36)19(3)31-4/h12-20,25-26,31H,5-11H2,1-4H3,(H,33,36)/t19-,25-,26?/m0/s1. The summed E-state index contributed by atoms with van der Waals surface area (Å²) in [6.45, 7) is 6.15. The summed E-state index contributed by atoms with van der Waals surface area (Å²) in [7, 11) is 1.72. The second kappa shape index (κ2) is 13.4. The van der Waals surface area contributed by atoms with Crippen LogP contribution in [0.15, 0.2) is 42.7 Å². The molecule has 8 heteroatoms. The minimum Gasteiger partial charge on any atom is -0.343 e. The summed E-state index contributed by atoms with van der Waals surface area (Å²) < 4.78 is 13.3. The van der Waals surface area contributed by atoms with Crippen molar-refractivity contribution in [1.82, 2.24) is 20.5 Å². The van der Waals surface area contributed by atoms with Gasteiger partial charge in [0, 0.05) is 30.1 Å². The van der Waals surface area contributed by atoms with E-state index in [9.17, 15) is 18.8 Å². The number of halogens is 1. The number of benzene rings is 1. The van der Waals surface area contributed by atoms with Crippen molar-refractivity contribution < 1.29 is 18.8 Å². The molecule has 0 spiro atoms. The largest absolute Gasteiger partial charge is 0.343 e. The van der Waals surface area contributed by atoms with E-state index in [1.165, 1.54) is 30.5 Å². The van der Waals surface area contributed by atoms with Gasteiger partial charge >= 0.3 is 0 Å². The molecule has 3 rings (SSSR count). The topological polar surface area (TPSA) is 91.4 Å². The lowest BCUT2D eigenvalue weighted by atomic mass is 9.82. The van der Waals surface area contributed by atoms with Gasteiger partial charge in [-0.3, -0.25) is 19.4 Å². The summed E-state index contributed by atoms with van der Waals surface area (Å²) in [5.41, 5.74) is 1.50. The number of nitrogens with one attached hydrogen (secondary N) is 2. The van der Waals surface area contributed by atoms with Gasteiger partial charge in [0.2, 0.25) is 11.8 Å². The molecule has 3 atom stereocenters. The van der Waals surface area contributed by atoms with E-state index in [4.69, 9.17) is 0 Å². The Morgan fingerprint density at radius 3 is 2.32 bits per heavy atom. The predicted molar refractivity (Wildman–Crippen MR) is 142 cm³/mol. The summed E-state index contributed by atoms with van der Waals surface area (Å²) in [6.07, 6.45) is 8.85. The summed E-state index contributed by atoms with van der Waals surface area (Å²) in [5.74, 6) is -0.871. The lowest BCUT2D eigenvalue weighted by Crippen LogP contribution is -2.56. The molecule has 1 fully saturated rings. The van der Waals surface area contributed by atoms with Gasteiger partial charge < -0.3 is 15.5 Å². The number of carbonyl (C=O) groups is 3. The molecular formula is C29H39FN4O3. The molecule has 37 heavy (non-hydrogen) atoms. The second-order valence-corrected chi connectivity index (χ2v) is 9.79. The average molecular weight is 511 g/mol. The fourth-order valence-corrected chi connectivity index (χ4v) is 5.13. The number of amides is 2. The molecule has 0 saturated heterocycles. The number of carbonyl (C=O) groups excluding carboxylic acids is 3. The summed E-state index contributed by atoms with van der Waals surface area (Å²) in [6, 6.07) is 5.86. The first-order chi connectivity index (χ1) is 17.8. The number of ketones is 1. The lowest BCUT2D eigenvalue weighted by Gasteiger charge is -2.37. The van der Waals surface area contributed by atoms with Crippen LogP contribution in [0.3, 0.4) is 0 Å². The van der Waals surface area contributed by atoms with Crippen molar-refractivity contribution in [2.75, 3.05) is 13.6 Å². The first-order valence-corrected chi connectivity index (χ1v) is 13.3. The van der Waals surface area contributed by atoms with Crippen molar-refractivity contribution in [3.05, 3.63) is 65.2 Å². The zero-order valence-electron chi connectivity index (χ0n) is 22.3. The third kappa shape index (κ3) is 7.01. The van der Waals surface area contributed by atoms with Crippen molar-refractivity contribution in [1.29, 1.82) is 0 Å². The van der Waals surface area contributed by atoms with Gasteiger partial charge in [-0.2, -0.15) is 0 Å². The van der Waals surface area contributed by atoms with E-state index < -0.39 is 17.9 Å². The van der Waals surface area contributed by atoms with Gasteiger partial charge in [-0.05, 0) is 82.0 Å². The minimum absolute atomic E-state index is 0.0883. The van der Waals surface area contributed by atoms with Gasteiger partial charge in [0.05, 0.1) is 12.1 Å². The molecule has 1 aliphatic carbocycles. The Bertz CT molecular complexity index is 1070. The van der Waals surface area contributed by atoms with E-state index in [0.29, 0.717) is 24.1 Å². The van der Waals surface area contributed by atoms with Crippen molar-refractivity contribution in [2.45, 2.75) is 77.4 Å². The highest BCUT2D eigenvalue weighted by atomic mass is 19.1. The van der Waals surface area contributed by atoms with E-state index in [-0.39, 0.29) is 29.6 Å². The van der Waals surface area contributed by atoms with E-state index in [0.717, 1.165) is 37.7 Å². The molecule has 0 bridgehead atoms. The molecule has 1 aliphatic rings. The van der Waals surface area contributed by atoms with Crippen molar-refractivity contribution in [3.8, 4) is 0 Å². The van der Waals surface area contributed by atoms with Crippen molar-refractivity contribution in [3.63, 3.8) is 0 Å². The highest BCUT2D eigenvalue weighted by molar-refractivity contribution is 6.08. The van der Waals surface area contributed by atoms with Crippen LogP contribution in [-0.4, -0.2) is 53.2 Å². The normalized spacial score (nSPS) is 16.5. The van der Waals surface area contributed by atoms with Crippen LogP contribution in [0.1, 0.15) is 86.8 Å². The third-order valence-corrected chi connectivity index (χ3v) is 7.41. The molecule has 7 nitrogen and oxygen atoms in total. The smallest absolute Gasteiger partial charge is 0.245 e. The van der Waals surface area contributed by atoms with Crippen LogP contribution in [0.5, 0.6) is 0 Å². The molecule has 200 valence electrons. The summed E-state index contributed by atoms with van der Waals surface area (Å²) in [5, 5.41) is 6.00. The molecule has 0 radical (unpaired) electrons. The Morgan fingerprint density at radius 1 is 1.05 bits per heavy atom. The van der Waals surface area contributed by atoms with Crippen molar-refractivity contribution >= 4 is 17.6 Å². The van der Waals surface area contributed by atoms with Crippen LogP contribution in [0.25, 0.3) is 0 Å². The highest BCUT2D eigenvalue weighted by Gasteiger charge is 2.36. The fourth-order valence-electron chi connectivity index (χ4n) is 5.13. The molecule has 2 amide bonds. The molecule has 1 heterocycles. The zero-order valence-corrected chi connectivity index (χ0v) is 22.3. The predicted octanol–water partition coefficient (Wildman–Crippen LogP) is 4.42. The van der Waals surface area contributed by atoms with Crippen LogP contribution in [-0.2, 0) is 9.59 Å². The Morgan fingerprint density at radius 2 is 1.73 bits per heavy atom. The van der Waals surface area contributed by atoms with Crippen LogP contribution in [0.4, 0.5) is 4.39 Å². The quantitative estimate of drug-likeness (QED) is 0.437. The number of rotatable bonds is 11. The van der Waals surface area contributed by atoms with E-state index in [1.54, 1.807) is 31.1 Å². The lowest BCUT2D eigenvalue weighted by molar-refractivity contribution is -0.140. The van der Waals surface area contributed by atoms with Crippen LogP contribution < -0.4 is 10.6 Å². The first-order valence-electron chi connectivity index (χ1n) is 13.3. The number of likely N-dealkylation sites (N-methyl/N-ethyl adjacent to an activating group) is 2. The summed E-state index contributed by atoms with van der Waals surface area (Å²) >= 11 is 0. The van der Waals surface area contributed by atoms with E-state index >= 15 is 0 Å². The molecule has 2 aromatic rings. The first kappa shape index (κ1) is 28.4. The highest BCUT2D eigenvalue weighted by Crippen LogP contribution is 2.31. The number of hydrogen-bond acceptors (Lipinski definition) is 5. The van der Waals surface area contributed by atoms with E-state index in [2.05, 4.69) is 15.6 Å². The number of hydrogen-bond donors (Lipinski definition) is 2. The molecule has 1 aromatic heterocycles. The van der Waals surface area contributed by atoms with Crippen LogP contribution >= 0.6 is 0 Å². The molecule has 1 unspecified atom stereocenters. The monoisotopic (exact) mass is 510 g/mol. The zero-order chi connectivity index (χ0) is 26.9. The Labute approximate surface area is 219 Å². The number of pyridine rings is 1. The molecule has 1 aromatic carbocycles. The third-order valence-electron chi connectivity index (χ3n) is 7.41. The average Bonchev–Trinajstić information content (AvgIpc) is 2.94. The van der Waals surface area contributed by atoms with Gasteiger partial charge in [0.15, 0.2) is 5.78 Å². The fraction of sp³-hybridized carbons (Fsp3) is 0.517. The summed E-state index contributed by atoms with van der Waals surface area (Å²) in [4.78, 5) is 46.0. The Balaban J connectivity index is 1.89. The maximum absolute atomic E-state index is 14.0. The Kier molecular flexibility index (Phi) is 10.3. The SMILES string of the molecule is CC[C@@H](c1cncc(C(=O)c2ccc(F)cc2)c1)N(CC)C(=O)C(NC(=O)[C@H](C)NC)C1CCCCC1. The van der Waals surface area contributed by atoms with Gasteiger partial charge in [-0.1, -0.05) is 26.2 Å². The minimum atomic E-state index is -0.602. The maximum atomic E-state index is 14.0. The van der Waals surface area contributed by atoms with Crippen LogP contribution in [0.2, 0.25) is 0 Å². The number of nitrogens with zero attached hydrogens (tertiary/aromatic N) is 2. The second-order valence-electron chi connectivity index (χ2n) is 9.79. The number of aromatic nitrogens is 1. The Hall–Kier alpha value is -3.13. The van der Waals surface area contributed by atoms with E-state index in [1.807, 2.05) is 13.8 Å². The van der Waals surface area contributed by atoms with Crippen LogP contribution in [0, 0.1) is 11.7 Å². The molecular weight excluding hydrogens is 471 g/mol. The van der Waals surface area contributed by atoms with Gasteiger partial charge in [-0.15, -0.1) is 0 Å². The molecule has 0 aliphatic heterocycles. The van der Waals surface area contributed by atoms with Gasteiger partial charge in [0.1, 0.15) is 11.9 Å².